The van der Waals surface area contributed by atoms with Crippen LogP contribution in [-0.2, 0) is 4.79 Å². The van der Waals surface area contributed by atoms with Crippen molar-refractivity contribution in [3.63, 3.8) is 0 Å². The average molecular weight is 267 g/mol. The predicted molar refractivity (Wildman–Crippen MR) is 69.4 cm³/mol. The van der Waals surface area contributed by atoms with Gasteiger partial charge in [-0.3, -0.25) is 0 Å². The Bertz CT molecular complexity index is 359. The van der Waals surface area contributed by atoms with E-state index in [4.69, 9.17) is 5.26 Å². The van der Waals surface area contributed by atoms with Crippen LogP contribution >= 0.6 is 0 Å². The molecule has 6 nitrogen and oxygen atoms in total. The number of carbonyl (C=O) groups excluding carboxylic acids is 1. The first-order valence-corrected chi connectivity index (χ1v) is 6.67. The van der Waals surface area contributed by atoms with E-state index in [0.717, 1.165) is 32.1 Å². The quantitative estimate of drug-likeness (QED) is 0.790. The Balaban J connectivity index is 2.55. The number of rotatable bonds is 5. The minimum absolute atomic E-state index is 0.0135. The molecule has 1 aliphatic carbocycles. The lowest BCUT2D eigenvalue weighted by atomic mass is 9.84. The van der Waals surface area contributed by atoms with Gasteiger partial charge in [0.25, 0.3) is 0 Å². The standard InChI is InChI=1S/C13H21N3O3/c1-16(9-5-8-14)13(19)15-11(12(17)18)10-6-3-2-4-7-10/h10-11H,2-7,9H2,1H3,(H,15,19)(H,17,18). The van der Waals surface area contributed by atoms with Crippen molar-refractivity contribution in [1.82, 2.24) is 10.2 Å². The fourth-order valence-electron chi connectivity index (χ4n) is 2.41. The third-order valence-electron chi connectivity index (χ3n) is 3.57. The van der Waals surface area contributed by atoms with Crippen LogP contribution in [0.25, 0.3) is 0 Å². The smallest absolute Gasteiger partial charge is 0.326 e. The first kappa shape index (κ1) is 15.3. The lowest BCUT2D eigenvalue weighted by Crippen LogP contribution is -2.50. The van der Waals surface area contributed by atoms with Crippen LogP contribution in [0.15, 0.2) is 0 Å². The molecule has 106 valence electrons. The Morgan fingerprint density at radius 3 is 2.58 bits per heavy atom. The van der Waals surface area contributed by atoms with E-state index in [2.05, 4.69) is 5.32 Å². The molecule has 0 heterocycles. The normalized spacial score (nSPS) is 17.3. The Kier molecular flexibility index (Phi) is 6.13. The van der Waals surface area contributed by atoms with Crippen LogP contribution in [0.4, 0.5) is 4.79 Å². The van der Waals surface area contributed by atoms with Gasteiger partial charge in [0.15, 0.2) is 0 Å². The van der Waals surface area contributed by atoms with Crippen molar-refractivity contribution in [3.8, 4) is 6.07 Å². The number of hydrogen-bond donors (Lipinski definition) is 2. The van der Waals surface area contributed by atoms with Crippen molar-refractivity contribution < 1.29 is 14.7 Å². The summed E-state index contributed by atoms with van der Waals surface area (Å²) in [6, 6.07) is 0.710. The van der Waals surface area contributed by atoms with Gasteiger partial charge >= 0.3 is 12.0 Å². The number of hydrogen-bond acceptors (Lipinski definition) is 3. The highest BCUT2D eigenvalue weighted by molar-refractivity contribution is 5.82. The molecule has 1 aliphatic rings. The highest BCUT2D eigenvalue weighted by Crippen LogP contribution is 2.26. The zero-order valence-corrected chi connectivity index (χ0v) is 11.3. The first-order chi connectivity index (χ1) is 9.06. The lowest BCUT2D eigenvalue weighted by molar-refractivity contribution is -0.141. The molecule has 0 radical (unpaired) electrons. The van der Waals surface area contributed by atoms with Gasteiger partial charge in [0, 0.05) is 13.6 Å². The second-order valence-electron chi connectivity index (χ2n) is 4.99. The lowest BCUT2D eigenvalue weighted by Gasteiger charge is -2.29. The molecule has 1 saturated carbocycles. The molecule has 1 rings (SSSR count). The number of amides is 2. The van der Waals surface area contributed by atoms with Crippen molar-refractivity contribution in [2.75, 3.05) is 13.6 Å². The summed E-state index contributed by atoms with van der Waals surface area (Å²) in [5.74, 6) is -0.964. The zero-order valence-electron chi connectivity index (χ0n) is 11.3. The summed E-state index contributed by atoms with van der Waals surface area (Å²) >= 11 is 0. The summed E-state index contributed by atoms with van der Waals surface area (Å²) in [4.78, 5) is 24.5. The second-order valence-corrected chi connectivity index (χ2v) is 4.99. The largest absolute Gasteiger partial charge is 0.480 e. The molecule has 1 fully saturated rings. The third kappa shape index (κ3) is 4.78. The van der Waals surface area contributed by atoms with Gasteiger partial charge in [-0.2, -0.15) is 5.26 Å². The fraction of sp³-hybridized carbons (Fsp3) is 0.769. The van der Waals surface area contributed by atoms with Crippen LogP contribution < -0.4 is 5.32 Å². The van der Waals surface area contributed by atoms with Gasteiger partial charge in [-0.15, -0.1) is 0 Å². The maximum absolute atomic E-state index is 11.8. The minimum atomic E-state index is -0.978. The van der Waals surface area contributed by atoms with E-state index in [1.807, 2.05) is 6.07 Å². The maximum Gasteiger partial charge on any atom is 0.326 e. The van der Waals surface area contributed by atoms with Gasteiger partial charge in [0.2, 0.25) is 0 Å². The van der Waals surface area contributed by atoms with Gasteiger partial charge in [-0.05, 0) is 18.8 Å². The topological polar surface area (TPSA) is 93.4 Å². The van der Waals surface area contributed by atoms with E-state index >= 15 is 0 Å². The first-order valence-electron chi connectivity index (χ1n) is 6.67. The SMILES string of the molecule is CN(CCC#N)C(=O)NC(C(=O)O)C1CCCCC1. The van der Waals surface area contributed by atoms with E-state index in [9.17, 15) is 14.7 Å². The summed E-state index contributed by atoms with van der Waals surface area (Å²) in [5, 5.41) is 20.3. The Labute approximate surface area is 113 Å². The zero-order chi connectivity index (χ0) is 14.3. The summed E-state index contributed by atoms with van der Waals surface area (Å²) in [5.41, 5.74) is 0. The average Bonchev–Trinajstić information content (AvgIpc) is 2.42. The van der Waals surface area contributed by atoms with Gasteiger partial charge in [0.1, 0.15) is 6.04 Å². The molecule has 1 unspecified atom stereocenters. The molecule has 1 atom stereocenters. The highest BCUT2D eigenvalue weighted by atomic mass is 16.4. The van der Waals surface area contributed by atoms with Crippen molar-refractivity contribution in [2.45, 2.75) is 44.6 Å². The Morgan fingerprint density at radius 1 is 1.42 bits per heavy atom. The molecule has 2 amide bonds. The third-order valence-corrected chi connectivity index (χ3v) is 3.57. The number of carbonyl (C=O) groups is 2. The number of nitriles is 1. The summed E-state index contributed by atoms with van der Waals surface area (Å²) in [6.07, 6.45) is 5.12. The van der Waals surface area contributed by atoms with Crippen LogP contribution in [0.2, 0.25) is 0 Å². The predicted octanol–water partition coefficient (Wildman–Crippen LogP) is 1.57. The van der Waals surface area contributed by atoms with Gasteiger partial charge in [-0.1, -0.05) is 19.3 Å². The number of aliphatic carboxylic acids is 1. The van der Waals surface area contributed by atoms with Gasteiger partial charge < -0.3 is 15.3 Å². The molecule has 19 heavy (non-hydrogen) atoms. The summed E-state index contributed by atoms with van der Waals surface area (Å²) in [6.45, 7) is 0.305. The molecule has 0 aromatic heterocycles. The maximum atomic E-state index is 11.8. The van der Waals surface area contributed by atoms with E-state index in [1.165, 1.54) is 4.90 Å². The molecule has 0 aromatic carbocycles. The second kappa shape index (κ2) is 7.62. The highest BCUT2D eigenvalue weighted by Gasteiger charge is 2.31. The van der Waals surface area contributed by atoms with Crippen LogP contribution in [0.1, 0.15) is 38.5 Å². The van der Waals surface area contributed by atoms with Crippen LogP contribution in [0, 0.1) is 17.2 Å². The minimum Gasteiger partial charge on any atom is -0.480 e. The number of nitrogens with zero attached hydrogens (tertiary/aromatic N) is 2. The van der Waals surface area contributed by atoms with Gasteiger partial charge in [-0.25, -0.2) is 9.59 Å². The number of carboxylic acids is 1. The molecule has 0 aromatic rings. The molecule has 0 saturated heterocycles. The number of urea groups is 1. The van der Waals surface area contributed by atoms with E-state index in [0.29, 0.717) is 6.54 Å². The fourth-order valence-corrected chi connectivity index (χ4v) is 2.41. The Morgan fingerprint density at radius 2 is 2.05 bits per heavy atom. The molecule has 2 N–H and O–H groups in total. The molecule has 6 heteroatoms. The van der Waals surface area contributed by atoms with Crippen molar-refractivity contribution in [2.24, 2.45) is 5.92 Å². The van der Waals surface area contributed by atoms with Crippen LogP contribution in [0.5, 0.6) is 0 Å². The van der Waals surface area contributed by atoms with Crippen molar-refractivity contribution in [3.05, 3.63) is 0 Å². The van der Waals surface area contributed by atoms with Crippen LogP contribution in [-0.4, -0.2) is 41.6 Å². The molecule has 0 spiro atoms. The van der Waals surface area contributed by atoms with Gasteiger partial charge in [0.05, 0.1) is 12.5 Å². The molecular weight excluding hydrogens is 246 g/mol. The summed E-state index contributed by atoms with van der Waals surface area (Å²) in [7, 11) is 1.56. The summed E-state index contributed by atoms with van der Waals surface area (Å²) < 4.78 is 0. The van der Waals surface area contributed by atoms with E-state index < -0.39 is 18.0 Å². The van der Waals surface area contributed by atoms with E-state index in [-0.39, 0.29) is 12.3 Å². The van der Waals surface area contributed by atoms with Crippen molar-refractivity contribution in [1.29, 1.82) is 5.26 Å². The Hall–Kier alpha value is -1.77. The van der Waals surface area contributed by atoms with E-state index in [1.54, 1.807) is 7.05 Å². The van der Waals surface area contributed by atoms with Crippen molar-refractivity contribution >= 4 is 12.0 Å². The number of carboxylic acid groups (broad SMARTS) is 1. The molecule has 0 bridgehead atoms. The molecular formula is C13H21N3O3. The number of nitrogens with one attached hydrogen (secondary N) is 1. The van der Waals surface area contributed by atoms with Crippen LogP contribution in [0.3, 0.4) is 0 Å². The monoisotopic (exact) mass is 267 g/mol. The molecule has 0 aliphatic heterocycles.